The minimum absolute atomic E-state index is 0.0468. The van der Waals surface area contributed by atoms with Gasteiger partial charge in [-0.15, -0.1) is 0 Å². The van der Waals surface area contributed by atoms with E-state index in [0.717, 1.165) is 5.69 Å². The quantitative estimate of drug-likeness (QED) is 0.921. The van der Waals surface area contributed by atoms with E-state index in [2.05, 4.69) is 40.2 Å². The fraction of sp³-hybridized carbons (Fsp3) is 0.714. The second-order valence-corrected chi connectivity index (χ2v) is 6.53. The highest BCUT2D eigenvalue weighted by Crippen LogP contribution is 2.24. The van der Waals surface area contributed by atoms with Gasteiger partial charge in [0.2, 0.25) is 0 Å². The van der Waals surface area contributed by atoms with E-state index in [1.807, 2.05) is 0 Å². The third-order valence-electron chi connectivity index (χ3n) is 3.49. The molecule has 19 heavy (non-hydrogen) atoms. The number of halogens is 1. The molecular formula is C14H22BrN3O. The highest BCUT2D eigenvalue weighted by Gasteiger charge is 2.16. The molecule has 2 rings (SSSR count). The van der Waals surface area contributed by atoms with Gasteiger partial charge in [0.05, 0.1) is 11.9 Å². The number of anilines is 1. The first-order valence-corrected chi connectivity index (χ1v) is 7.89. The van der Waals surface area contributed by atoms with Gasteiger partial charge < -0.3 is 5.32 Å². The number of nitrogens with zero attached hydrogens (tertiary/aromatic N) is 2. The third-order valence-corrected chi connectivity index (χ3v) is 4.25. The number of aromatic nitrogens is 2. The molecule has 0 unspecified atom stereocenters. The predicted octanol–water partition coefficient (Wildman–Crippen LogP) is 3.41. The summed E-state index contributed by atoms with van der Waals surface area (Å²) < 4.78 is 2.13. The number of hydrogen-bond donors (Lipinski definition) is 1. The van der Waals surface area contributed by atoms with Crippen LogP contribution in [0.2, 0.25) is 0 Å². The van der Waals surface area contributed by atoms with Crippen LogP contribution in [0.25, 0.3) is 0 Å². The van der Waals surface area contributed by atoms with Crippen molar-refractivity contribution in [3.8, 4) is 0 Å². The zero-order valence-electron chi connectivity index (χ0n) is 11.7. The van der Waals surface area contributed by atoms with E-state index in [9.17, 15) is 4.79 Å². The van der Waals surface area contributed by atoms with Gasteiger partial charge in [-0.1, -0.05) is 33.1 Å². The molecule has 0 saturated heterocycles. The molecule has 0 amide bonds. The average Bonchev–Trinajstić information content (AvgIpc) is 2.39. The second-order valence-electron chi connectivity index (χ2n) is 5.73. The first-order valence-electron chi connectivity index (χ1n) is 7.10. The molecule has 1 aromatic rings. The summed E-state index contributed by atoms with van der Waals surface area (Å²) in [7, 11) is 0. The maximum atomic E-state index is 12.2. The summed E-state index contributed by atoms with van der Waals surface area (Å²) in [5.74, 6) is 0.411. The number of rotatable bonds is 4. The van der Waals surface area contributed by atoms with Crippen molar-refractivity contribution >= 4 is 21.6 Å². The van der Waals surface area contributed by atoms with Crippen LogP contribution in [0.1, 0.15) is 46.0 Å². The van der Waals surface area contributed by atoms with Gasteiger partial charge in [-0.2, -0.15) is 5.10 Å². The Morgan fingerprint density at radius 3 is 2.74 bits per heavy atom. The molecule has 106 valence electrons. The Hall–Kier alpha value is -0.840. The van der Waals surface area contributed by atoms with Crippen LogP contribution in [0.5, 0.6) is 0 Å². The van der Waals surface area contributed by atoms with Gasteiger partial charge in [0.25, 0.3) is 5.56 Å². The number of hydrogen-bond acceptors (Lipinski definition) is 3. The maximum Gasteiger partial charge on any atom is 0.283 e. The molecule has 1 fully saturated rings. The Balaban J connectivity index is 2.13. The molecule has 0 spiro atoms. The number of nitrogens with one attached hydrogen (secondary N) is 1. The Morgan fingerprint density at radius 1 is 1.42 bits per heavy atom. The van der Waals surface area contributed by atoms with Crippen molar-refractivity contribution in [3.63, 3.8) is 0 Å². The monoisotopic (exact) mass is 327 g/mol. The molecule has 1 aromatic heterocycles. The summed E-state index contributed by atoms with van der Waals surface area (Å²) in [6, 6.07) is 0.479. The zero-order chi connectivity index (χ0) is 13.8. The van der Waals surface area contributed by atoms with Crippen molar-refractivity contribution in [2.24, 2.45) is 5.92 Å². The molecule has 1 heterocycles. The Bertz CT molecular complexity index is 478. The normalized spacial score (nSPS) is 16.8. The Labute approximate surface area is 122 Å². The van der Waals surface area contributed by atoms with Crippen molar-refractivity contribution in [2.75, 3.05) is 5.32 Å². The van der Waals surface area contributed by atoms with Gasteiger partial charge in [-0.05, 0) is 34.7 Å². The van der Waals surface area contributed by atoms with Gasteiger partial charge in [-0.25, -0.2) is 4.68 Å². The molecule has 4 nitrogen and oxygen atoms in total. The van der Waals surface area contributed by atoms with Crippen molar-refractivity contribution in [1.82, 2.24) is 9.78 Å². The zero-order valence-corrected chi connectivity index (χ0v) is 13.2. The van der Waals surface area contributed by atoms with Crippen LogP contribution in [0.4, 0.5) is 5.69 Å². The van der Waals surface area contributed by atoms with Gasteiger partial charge in [0.1, 0.15) is 4.47 Å². The van der Waals surface area contributed by atoms with Crippen LogP contribution in [0.15, 0.2) is 15.5 Å². The van der Waals surface area contributed by atoms with Crippen LogP contribution in [0.3, 0.4) is 0 Å². The lowest BCUT2D eigenvalue weighted by atomic mass is 9.95. The molecule has 0 aliphatic heterocycles. The van der Waals surface area contributed by atoms with Crippen LogP contribution in [0, 0.1) is 5.92 Å². The van der Waals surface area contributed by atoms with Crippen LogP contribution >= 0.6 is 15.9 Å². The minimum atomic E-state index is -0.0468. The fourth-order valence-corrected chi connectivity index (χ4v) is 2.93. The summed E-state index contributed by atoms with van der Waals surface area (Å²) in [4.78, 5) is 12.2. The standard InChI is InChI=1S/C14H22BrN3O/c1-10(2)9-18-14(19)13(15)12(8-16-18)17-11-6-4-3-5-7-11/h8,10-11,17H,3-7,9H2,1-2H3. The van der Waals surface area contributed by atoms with Gasteiger partial charge in [-0.3, -0.25) is 4.79 Å². The van der Waals surface area contributed by atoms with Crippen LogP contribution < -0.4 is 10.9 Å². The molecule has 1 saturated carbocycles. The fourth-order valence-electron chi connectivity index (χ4n) is 2.51. The third kappa shape index (κ3) is 3.81. The van der Waals surface area contributed by atoms with Gasteiger partial charge in [0.15, 0.2) is 0 Å². The smallest absolute Gasteiger partial charge is 0.283 e. The minimum Gasteiger partial charge on any atom is -0.380 e. The van der Waals surface area contributed by atoms with E-state index in [1.54, 1.807) is 6.20 Å². The van der Waals surface area contributed by atoms with Crippen LogP contribution in [-0.4, -0.2) is 15.8 Å². The lowest BCUT2D eigenvalue weighted by molar-refractivity contribution is 0.455. The molecule has 1 aliphatic rings. The van der Waals surface area contributed by atoms with Gasteiger partial charge >= 0.3 is 0 Å². The summed E-state index contributed by atoms with van der Waals surface area (Å²) >= 11 is 3.41. The highest BCUT2D eigenvalue weighted by molar-refractivity contribution is 9.10. The molecule has 5 heteroatoms. The van der Waals surface area contributed by atoms with Crippen molar-refractivity contribution in [1.29, 1.82) is 0 Å². The van der Waals surface area contributed by atoms with E-state index in [4.69, 9.17) is 0 Å². The molecular weight excluding hydrogens is 306 g/mol. The topological polar surface area (TPSA) is 46.9 Å². The first-order chi connectivity index (χ1) is 9.08. The van der Waals surface area contributed by atoms with Crippen molar-refractivity contribution in [2.45, 2.75) is 58.5 Å². The Kier molecular flexibility index (Phi) is 5.02. The maximum absolute atomic E-state index is 12.2. The largest absolute Gasteiger partial charge is 0.380 e. The van der Waals surface area contributed by atoms with Crippen molar-refractivity contribution < 1.29 is 0 Å². The summed E-state index contributed by atoms with van der Waals surface area (Å²) in [6.45, 7) is 4.81. The highest BCUT2D eigenvalue weighted by atomic mass is 79.9. The lowest BCUT2D eigenvalue weighted by Gasteiger charge is -2.24. The molecule has 0 radical (unpaired) electrons. The summed E-state index contributed by atoms with van der Waals surface area (Å²) in [5, 5.41) is 7.70. The molecule has 1 aliphatic carbocycles. The van der Waals surface area contributed by atoms with E-state index in [0.29, 0.717) is 23.0 Å². The SMILES string of the molecule is CC(C)Cn1ncc(NC2CCCCC2)c(Br)c1=O. The van der Waals surface area contributed by atoms with E-state index in [1.165, 1.54) is 36.8 Å². The van der Waals surface area contributed by atoms with E-state index in [-0.39, 0.29) is 5.56 Å². The van der Waals surface area contributed by atoms with E-state index >= 15 is 0 Å². The Morgan fingerprint density at radius 2 is 2.11 bits per heavy atom. The molecule has 0 aromatic carbocycles. The first kappa shape index (κ1) is 14.6. The molecule has 0 bridgehead atoms. The van der Waals surface area contributed by atoms with Crippen LogP contribution in [-0.2, 0) is 6.54 Å². The average molecular weight is 328 g/mol. The summed E-state index contributed by atoms with van der Waals surface area (Å²) in [5.41, 5.74) is 0.784. The predicted molar refractivity (Wildman–Crippen MR) is 81.5 cm³/mol. The molecule has 1 N–H and O–H groups in total. The molecule has 0 atom stereocenters. The van der Waals surface area contributed by atoms with Crippen molar-refractivity contribution in [3.05, 3.63) is 21.0 Å². The summed E-state index contributed by atoms with van der Waals surface area (Å²) in [6.07, 6.45) is 8.00. The second kappa shape index (κ2) is 6.55. The van der Waals surface area contributed by atoms with E-state index < -0.39 is 0 Å². The lowest BCUT2D eigenvalue weighted by Crippen LogP contribution is -2.29. The van der Waals surface area contributed by atoms with Gasteiger partial charge in [0, 0.05) is 12.6 Å².